The number of nitrogens with one attached hydrogen (secondary N) is 1. The zero-order valence-corrected chi connectivity index (χ0v) is 18.4. The summed E-state index contributed by atoms with van der Waals surface area (Å²) in [7, 11) is 0. The van der Waals surface area contributed by atoms with Gasteiger partial charge < -0.3 is 10.1 Å². The first-order valence-electron chi connectivity index (χ1n) is 10.6. The molecule has 8 nitrogen and oxygen atoms in total. The minimum absolute atomic E-state index is 0.0386. The Kier molecular flexibility index (Phi) is 5.59. The average molecular weight is 481 g/mol. The van der Waals surface area contributed by atoms with Crippen molar-refractivity contribution in [2.24, 2.45) is 0 Å². The summed E-state index contributed by atoms with van der Waals surface area (Å²) >= 11 is 0. The van der Waals surface area contributed by atoms with Gasteiger partial charge in [-0.3, -0.25) is 9.55 Å². The zero-order valence-electron chi connectivity index (χ0n) is 18.4. The summed E-state index contributed by atoms with van der Waals surface area (Å²) in [5.74, 6) is -3.83. The molecule has 1 aliphatic rings. The van der Waals surface area contributed by atoms with Gasteiger partial charge >= 0.3 is 11.4 Å². The first kappa shape index (κ1) is 22.4. The molecule has 11 heteroatoms. The summed E-state index contributed by atoms with van der Waals surface area (Å²) < 4.78 is 48.5. The highest BCUT2D eigenvalue weighted by atomic mass is 19.2. The lowest BCUT2D eigenvalue weighted by molar-refractivity contribution is 0.357. The third kappa shape index (κ3) is 4.27. The smallest absolute Gasteiger partial charge is 0.359 e. The van der Waals surface area contributed by atoms with Gasteiger partial charge in [0.25, 0.3) is 0 Å². The number of anilines is 2. The van der Waals surface area contributed by atoms with E-state index >= 15 is 0 Å². The average Bonchev–Trinajstić information content (AvgIpc) is 3.28. The molecule has 0 atom stereocenters. The maximum absolute atomic E-state index is 13.9. The highest BCUT2D eigenvalue weighted by Crippen LogP contribution is 2.29. The Morgan fingerprint density at radius 2 is 1.83 bits per heavy atom. The van der Waals surface area contributed by atoms with Gasteiger partial charge in [0.05, 0.1) is 25.0 Å². The number of hydrogen-bond acceptors (Lipinski definition) is 6. The molecule has 0 amide bonds. The number of hydrogen-bond donors (Lipinski definition) is 1. The minimum atomic E-state index is -1.62. The Balaban J connectivity index is 1.65. The summed E-state index contributed by atoms with van der Waals surface area (Å²) in [5.41, 5.74) is 0.607. The second-order valence-electron chi connectivity index (χ2n) is 8.06. The first-order valence-corrected chi connectivity index (χ1v) is 10.6. The van der Waals surface area contributed by atoms with Crippen LogP contribution in [-0.2, 0) is 13.0 Å². The van der Waals surface area contributed by atoms with Gasteiger partial charge in [0.2, 0.25) is 5.95 Å². The second-order valence-corrected chi connectivity index (χ2v) is 8.06. The largest absolute Gasteiger partial charge is 0.493 e. The molecule has 35 heavy (non-hydrogen) atoms. The van der Waals surface area contributed by atoms with Gasteiger partial charge in [-0.1, -0.05) is 0 Å². The van der Waals surface area contributed by atoms with Crippen LogP contribution in [0.4, 0.5) is 24.8 Å². The summed E-state index contributed by atoms with van der Waals surface area (Å²) in [6, 6.07) is 8.38. The van der Waals surface area contributed by atoms with E-state index in [1.807, 2.05) is 0 Å². The van der Waals surface area contributed by atoms with E-state index in [-0.39, 0.29) is 17.2 Å². The van der Waals surface area contributed by atoms with Crippen LogP contribution in [-0.4, -0.2) is 25.7 Å². The molecule has 5 rings (SSSR count). The monoisotopic (exact) mass is 481 g/mol. The van der Waals surface area contributed by atoms with Crippen LogP contribution >= 0.6 is 0 Å². The Morgan fingerprint density at radius 1 is 1.06 bits per heavy atom. The van der Waals surface area contributed by atoms with Crippen LogP contribution in [0.1, 0.15) is 16.7 Å². The molecular formula is C24H18F3N5O3. The number of ether oxygens (including phenoxy) is 1. The van der Waals surface area contributed by atoms with Gasteiger partial charge in [-0.2, -0.15) is 4.98 Å². The number of benzene rings is 2. The summed E-state index contributed by atoms with van der Waals surface area (Å²) in [4.78, 5) is 34.4. The van der Waals surface area contributed by atoms with E-state index in [0.717, 1.165) is 32.6 Å². The topological polar surface area (TPSA) is 91.0 Å². The van der Waals surface area contributed by atoms with Crippen LogP contribution < -0.4 is 21.4 Å². The number of nitrogens with zero attached hydrogens (tertiary/aromatic N) is 4. The molecule has 4 aromatic rings. The molecule has 0 fully saturated rings. The molecule has 2 aromatic heterocycles. The van der Waals surface area contributed by atoms with Gasteiger partial charge in [0.1, 0.15) is 5.75 Å². The van der Waals surface area contributed by atoms with Crippen molar-refractivity contribution in [3.05, 3.63) is 104 Å². The third-order valence-electron chi connectivity index (χ3n) is 5.52. The molecule has 0 aliphatic carbocycles. The molecule has 0 radical (unpaired) electrons. The molecule has 3 heterocycles. The lowest BCUT2D eigenvalue weighted by Gasteiger charge is -2.16. The Bertz CT molecular complexity index is 1560. The molecule has 2 aromatic carbocycles. The summed E-state index contributed by atoms with van der Waals surface area (Å²) in [5, 5.41) is 2.94. The van der Waals surface area contributed by atoms with Crippen LogP contribution in [0.3, 0.4) is 0 Å². The van der Waals surface area contributed by atoms with Crippen molar-refractivity contribution in [1.29, 1.82) is 0 Å². The van der Waals surface area contributed by atoms with Crippen molar-refractivity contribution in [3.8, 4) is 11.4 Å². The number of fused-ring (bicyclic) bond motifs is 1. The molecular weight excluding hydrogens is 463 g/mol. The van der Waals surface area contributed by atoms with Crippen LogP contribution in [0.15, 0.2) is 58.4 Å². The summed E-state index contributed by atoms with van der Waals surface area (Å²) in [6.45, 7) is 1.89. The SMILES string of the molecule is Cc1cncc(-n2c(=O)nc(Nc3ccc4c(c3)CCO4)n(Cc3cc(F)c(F)c(F)c3)c2=O)c1. The number of halogens is 3. The molecule has 0 saturated carbocycles. The van der Waals surface area contributed by atoms with Crippen LogP contribution in [0, 0.1) is 24.4 Å². The molecule has 178 valence electrons. The fraction of sp³-hybridized carbons (Fsp3) is 0.167. The second kappa shape index (κ2) is 8.75. The molecule has 1 N–H and O–H groups in total. The maximum atomic E-state index is 13.9. The van der Waals surface area contributed by atoms with Crippen molar-refractivity contribution in [2.45, 2.75) is 19.9 Å². The van der Waals surface area contributed by atoms with Gasteiger partial charge in [-0.15, -0.1) is 0 Å². The first-order chi connectivity index (χ1) is 16.8. The van der Waals surface area contributed by atoms with E-state index in [0.29, 0.717) is 24.3 Å². The quantitative estimate of drug-likeness (QED) is 0.440. The van der Waals surface area contributed by atoms with Crippen LogP contribution in [0.5, 0.6) is 5.75 Å². The molecule has 0 bridgehead atoms. The van der Waals surface area contributed by atoms with E-state index < -0.39 is 35.4 Å². The van der Waals surface area contributed by atoms with Gasteiger partial charge in [0.15, 0.2) is 17.5 Å². The number of rotatable bonds is 5. The highest BCUT2D eigenvalue weighted by molar-refractivity contribution is 5.58. The van der Waals surface area contributed by atoms with E-state index in [1.165, 1.54) is 6.20 Å². The fourth-order valence-electron chi connectivity index (χ4n) is 3.89. The van der Waals surface area contributed by atoms with Crippen molar-refractivity contribution >= 4 is 11.6 Å². The number of aryl methyl sites for hydroxylation is 1. The van der Waals surface area contributed by atoms with E-state index in [4.69, 9.17) is 4.74 Å². The highest BCUT2D eigenvalue weighted by Gasteiger charge is 2.19. The standard InChI is InChI=1S/C24H18F3N5O3/c1-13-6-17(11-28-10-13)32-23(33)30-22(29-16-2-3-20-15(9-16)4-5-35-20)31(24(32)34)12-14-7-18(25)21(27)19(26)8-14/h2-3,6-11H,4-5,12H2,1H3,(H,29,30,33). The number of pyridine rings is 1. The fourth-order valence-corrected chi connectivity index (χ4v) is 3.89. The van der Waals surface area contributed by atoms with Crippen molar-refractivity contribution in [2.75, 3.05) is 11.9 Å². The Labute approximate surface area is 196 Å². The minimum Gasteiger partial charge on any atom is -0.493 e. The van der Waals surface area contributed by atoms with Crippen molar-refractivity contribution in [3.63, 3.8) is 0 Å². The summed E-state index contributed by atoms with van der Waals surface area (Å²) in [6.07, 6.45) is 3.58. The normalized spacial score (nSPS) is 12.3. The Hall–Kier alpha value is -4.41. The lowest BCUT2D eigenvalue weighted by Crippen LogP contribution is -2.41. The maximum Gasteiger partial charge on any atom is 0.359 e. The zero-order chi connectivity index (χ0) is 24.7. The van der Waals surface area contributed by atoms with Crippen molar-refractivity contribution in [1.82, 2.24) is 19.1 Å². The third-order valence-corrected chi connectivity index (χ3v) is 5.52. The van der Waals surface area contributed by atoms with Crippen LogP contribution in [0.2, 0.25) is 0 Å². The molecule has 0 saturated heterocycles. The molecule has 0 unspecified atom stereocenters. The van der Waals surface area contributed by atoms with Crippen molar-refractivity contribution < 1.29 is 17.9 Å². The van der Waals surface area contributed by atoms with Gasteiger partial charge in [-0.05, 0) is 60.0 Å². The molecule has 1 aliphatic heterocycles. The van der Waals surface area contributed by atoms with E-state index in [2.05, 4.69) is 15.3 Å². The predicted molar refractivity (Wildman–Crippen MR) is 121 cm³/mol. The van der Waals surface area contributed by atoms with Gasteiger partial charge in [-0.25, -0.2) is 27.3 Å². The molecule has 0 spiro atoms. The van der Waals surface area contributed by atoms with Crippen LogP contribution in [0.25, 0.3) is 5.69 Å². The van der Waals surface area contributed by atoms with E-state index in [9.17, 15) is 22.8 Å². The van der Waals surface area contributed by atoms with E-state index in [1.54, 1.807) is 37.4 Å². The number of aromatic nitrogens is 4. The Morgan fingerprint density at radius 3 is 2.57 bits per heavy atom. The van der Waals surface area contributed by atoms with Gasteiger partial charge in [0, 0.05) is 18.3 Å². The predicted octanol–water partition coefficient (Wildman–Crippen LogP) is 3.24. The lowest BCUT2D eigenvalue weighted by atomic mass is 10.1.